The fourth-order valence-electron chi connectivity index (χ4n) is 1.71. The highest BCUT2D eigenvalue weighted by Gasteiger charge is 2.14. The Morgan fingerprint density at radius 3 is 2.41 bits per heavy atom. The normalized spacial score (nSPS) is 12.5. The van der Waals surface area contributed by atoms with Crippen LogP contribution in [0.2, 0.25) is 5.02 Å². The molecule has 0 bridgehead atoms. The lowest BCUT2D eigenvalue weighted by Crippen LogP contribution is -2.01. The van der Waals surface area contributed by atoms with Gasteiger partial charge in [-0.15, -0.1) is 0 Å². The standard InChI is InChI=1S/C14H12BrClO/c1-9-3-2-4-12(13(9)15)14(17)10-5-7-11(16)8-6-10/h2-8,14,17H,1H3. The van der Waals surface area contributed by atoms with Crippen LogP contribution in [0.25, 0.3) is 0 Å². The second kappa shape index (κ2) is 5.21. The van der Waals surface area contributed by atoms with Crippen LogP contribution < -0.4 is 0 Å². The quantitative estimate of drug-likeness (QED) is 0.866. The van der Waals surface area contributed by atoms with Crippen LogP contribution in [0.3, 0.4) is 0 Å². The zero-order chi connectivity index (χ0) is 12.4. The molecule has 1 unspecified atom stereocenters. The summed E-state index contributed by atoms with van der Waals surface area (Å²) in [7, 11) is 0. The minimum atomic E-state index is -0.637. The number of halogens is 2. The molecule has 17 heavy (non-hydrogen) atoms. The van der Waals surface area contributed by atoms with Crippen LogP contribution in [-0.4, -0.2) is 5.11 Å². The van der Waals surface area contributed by atoms with Crippen LogP contribution in [0, 0.1) is 6.92 Å². The fourth-order valence-corrected chi connectivity index (χ4v) is 2.31. The van der Waals surface area contributed by atoms with E-state index >= 15 is 0 Å². The van der Waals surface area contributed by atoms with Crippen LogP contribution >= 0.6 is 27.5 Å². The Labute approximate surface area is 114 Å². The molecule has 0 spiro atoms. The van der Waals surface area contributed by atoms with Gasteiger partial charge in [0.2, 0.25) is 0 Å². The van der Waals surface area contributed by atoms with Crippen LogP contribution in [0.5, 0.6) is 0 Å². The summed E-state index contributed by atoms with van der Waals surface area (Å²) in [4.78, 5) is 0. The van der Waals surface area contributed by atoms with E-state index in [4.69, 9.17) is 11.6 Å². The van der Waals surface area contributed by atoms with Crippen molar-refractivity contribution in [1.29, 1.82) is 0 Å². The maximum Gasteiger partial charge on any atom is 0.105 e. The van der Waals surface area contributed by atoms with Crippen LogP contribution in [-0.2, 0) is 0 Å². The number of hydrogen-bond acceptors (Lipinski definition) is 1. The summed E-state index contributed by atoms with van der Waals surface area (Å²) in [6.07, 6.45) is -0.637. The van der Waals surface area contributed by atoms with Gasteiger partial charge < -0.3 is 5.11 Å². The van der Waals surface area contributed by atoms with Gasteiger partial charge >= 0.3 is 0 Å². The molecule has 0 saturated heterocycles. The number of aliphatic hydroxyl groups excluding tert-OH is 1. The molecule has 0 aromatic heterocycles. The Balaban J connectivity index is 2.40. The first-order valence-corrected chi connectivity index (χ1v) is 6.45. The molecule has 0 aliphatic heterocycles. The minimum Gasteiger partial charge on any atom is -0.384 e. The van der Waals surface area contributed by atoms with Crippen molar-refractivity contribution >= 4 is 27.5 Å². The van der Waals surface area contributed by atoms with Gasteiger partial charge in [0.25, 0.3) is 0 Å². The van der Waals surface area contributed by atoms with Gasteiger partial charge in [0, 0.05) is 9.50 Å². The average molecular weight is 312 g/mol. The molecular formula is C14H12BrClO. The van der Waals surface area contributed by atoms with E-state index in [-0.39, 0.29) is 0 Å². The maximum absolute atomic E-state index is 10.3. The van der Waals surface area contributed by atoms with Gasteiger partial charge in [0.05, 0.1) is 0 Å². The van der Waals surface area contributed by atoms with Crippen molar-refractivity contribution in [1.82, 2.24) is 0 Å². The zero-order valence-corrected chi connectivity index (χ0v) is 11.7. The van der Waals surface area contributed by atoms with E-state index in [2.05, 4.69) is 15.9 Å². The summed E-state index contributed by atoms with van der Waals surface area (Å²) in [5.74, 6) is 0. The molecule has 0 saturated carbocycles. The highest BCUT2D eigenvalue weighted by Crippen LogP contribution is 2.31. The molecule has 2 aromatic carbocycles. The summed E-state index contributed by atoms with van der Waals surface area (Å²) in [6, 6.07) is 13.1. The van der Waals surface area contributed by atoms with E-state index in [9.17, 15) is 5.11 Å². The third-order valence-corrected chi connectivity index (χ3v) is 4.04. The van der Waals surface area contributed by atoms with Gasteiger partial charge in [-0.3, -0.25) is 0 Å². The summed E-state index contributed by atoms with van der Waals surface area (Å²) >= 11 is 9.33. The number of aryl methyl sites for hydroxylation is 1. The lowest BCUT2D eigenvalue weighted by atomic mass is 10.0. The Bertz CT molecular complexity index is 522. The summed E-state index contributed by atoms with van der Waals surface area (Å²) in [6.45, 7) is 2.00. The Morgan fingerprint density at radius 1 is 1.12 bits per heavy atom. The highest BCUT2D eigenvalue weighted by atomic mass is 79.9. The predicted molar refractivity (Wildman–Crippen MR) is 74.4 cm³/mol. The summed E-state index contributed by atoms with van der Waals surface area (Å²) < 4.78 is 0.947. The van der Waals surface area contributed by atoms with Crippen molar-refractivity contribution in [3.05, 3.63) is 68.7 Å². The van der Waals surface area contributed by atoms with Crippen LogP contribution in [0.1, 0.15) is 22.8 Å². The monoisotopic (exact) mass is 310 g/mol. The first kappa shape index (κ1) is 12.6. The summed E-state index contributed by atoms with van der Waals surface area (Å²) in [5, 5.41) is 11.0. The first-order chi connectivity index (χ1) is 8.09. The van der Waals surface area contributed by atoms with E-state index in [1.807, 2.05) is 37.3 Å². The molecule has 0 aliphatic rings. The van der Waals surface area contributed by atoms with Gasteiger partial charge in [-0.2, -0.15) is 0 Å². The minimum absolute atomic E-state index is 0.637. The molecule has 88 valence electrons. The molecule has 0 heterocycles. The van der Waals surface area contributed by atoms with Crippen LogP contribution in [0.15, 0.2) is 46.9 Å². The van der Waals surface area contributed by atoms with Crippen LogP contribution in [0.4, 0.5) is 0 Å². The molecule has 1 N–H and O–H groups in total. The van der Waals surface area contributed by atoms with E-state index in [0.717, 1.165) is 21.2 Å². The van der Waals surface area contributed by atoms with Gasteiger partial charge in [-0.05, 0) is 35.7 Å². The molecule has 3 heteroatoms. The van der Waals surface area contributed by atoms with Gasteiger partial charge in [-0.25, -0.2) is 0 Å². The second-order valence-electron chi connectivity index (χ2n) is 3.93. The Morgan fingerprint density at radius 2 is 1.76 bits per heavy atom. The average Bonchev–Trinajstić information content (AvgIpc) is 2.33. The van der Waals surface area contributed by atoms with Crippen molar-refractivity contribution in [2.24, 2.45) is 0 Å². The number of hydrogen-bond donors (Lipinski definition) is 1. The van der Waals surface area contributed by atoms with Gasteiger partial charge in [-0.1, -0.05) is 57.9 Å². The SMILES string of the molecule is Cc1cccc(C(O)c2ccc(Cl)cc2)c1Br. The Kier molecular flexibility index (Phi) is 3.87. The van der Waals surface area contributed by atoms with Gasteiger partial charge in [0.1, 0.15) is 6.10 Å². The summed E-state index contributed by atoms with van der Waals surface area (Å²) in [5.41, 5.74) is 2.81. The largest absolute Gasteiger partial charge is 0.384 e. The third-order valence-electron chi connectivity index (χ3n) is 2.70. The van der Waals surface area contributed by atoms with E-state index in [1.165, 1.54) is 0 Å². The molecule has 2 aromatic rings. The van der Waals surface area contributed by atoms with E-state index < -0.39 is 6.10 Å². The van der Waals surface area contributed by atoms with Gasteiger partial charge in [0.15, 0.2) is 0 Å². The molecule has 0 amide bonds. The molecule has 1 nitrogen and oxygen atoms in total. The number of benzene rings is 2. The van der Waals surface area contributed by atoms with E-state index in [0.29, 0.717) is 5.02 Å². The van der Waals surface area contributed by atoms with Crippen molar-refractivity contribution in [2.45, 2.75) is 13.0 Å². The number of rotatable bonds is 2. The molecule has 2 rings (SSSR count). The molecule has 0 fully saturated rings. The first-order valence-electron chi connectivity index (χ1n) is 5.28. The van der Waals surface area contributed by atoms with Crippen molar-refractivity contribution in [2.75, 3.05) is 0 Å². The topological polar surface area (TPSA) is 20.2 Å². The fraction of sp³-hybridized carbons (Fsp3) is 0.143. The van der Waals surface area contributed by atoms with Crippen molar-refractivity contribution < 1.29 is 5.11 Å². The lowest BCUT2D eigenvalue weighted by molar-refractivity contribution is 0.219. The van der Waals surface area contributed by atoms with E-state index in [1.54, 1.807) is 12.1 Å². The zero-order valence-electron chi connectivity index (χ0n) is 9.32. The predicted octanol–water partition coefficient (Wildman–Crippen LogP) is 4.49. The molecule has 0 radical (unpaired) electrons. The van der Waals surface area contributed by atoms with Crippen molar-refractivity contribution in [3.8, 4) is 0 Å². The smallest absolute Gasteiger partial charge is 0.105 e. The lowest BCUT2D eigenvalue weighted by Gasteiger charge is -2.14. The maximum atomic E-state index is 10.3. The third kappa shape index (κ3) is 2.71. The molecule has 0 aliphatic carbocycles. The Hall–Kier alpha value is -0.830. The molecular weight excluding hydrogens is 300 g/mol. The second-order valence-corrected chi connectivity index (χ2v) is 5.16. The van der Waals surface area contributed by atoms with Crippen molar-refractivity contribution in [3.63, 3.8) is 0 Å². The number of aliphatic hydroxyl groups is 1. The molecule has 1 atom stereocenters. The highest BCUT2D eigenvalue weighted by molar-refractivity contribution is 9.10.